The number of aliphatic hydroxyl groups excluding tert-OH is 1. The zero-order valence-electron chi connectivity index (χ0n) is 16.4. The number of carbonyl (C=O) groups excluding carboxylic acids is 1. The summed E-state index contributed by atoms with van der Waals surface area (Å²) in [5.41, 5.74) is 7.36. The van der Waals surface area contributed by atoms with E-state index in [-0.39, 0.29) is 5.91 Å². The lowest BCUT2D eigenvalue weighted by Crippen LogP contribution is -2.47. The molecule has 150 valence electrons. The van der Waals surface area contributed by atoms with E-state index in [1.54, 1.807) is 0 Å². The number of hydrogen-bond donors (Lipinski definition) is 3. The third-order valence-electron chi connectivity index (χ3n) is 4.78. The molecule has 1 aliphatic rings. The first-order chi connectivity index (χ1) is 13.4. The average Bonchev–Trinajstić information content (AvgIpc) is 2.66. The Hall–Kier alpha value is -2.57. The van der Waals surface area contributed by atoms with E-state index in [9.17, 15) is 9.90 Å². The molecular formula is C22H28N2O4. The zero-order chi connectivity index (χ0) is 20.1. The molecular weight excluding hydrogens is 356 g/mol. The van der Waals surface area contributed by atoms with Gasteiger partial charge in [0.15, 0.2) is 11.5 Å². The molecule has 0 aliphatic carbocycles. The Morgan fingerprint density at radius 1 is 1.14 bits per heavy atom. The Balaban J connectivity index is 1.62. The SMILES string of the molecule is CC(C)(CC(O)C(N)c1cccc2c1OCCO2)NC(=O)Cc1ccccc1. The van der Waals surface area contributed by atoms with Gasteiger partial charge in [-0.2, -0.15) is 0 Å². The minimum absolute atomic E-state index is 0.0919. The fourth-order valence-electron chi connectivity index (χ4n) is 3.47. The number of aliphatic hydroxyl groups is 1. The Labute approximate surface area is 165 Å². The van der Waals surface area contributed by atoms with Crippen LogP contribution in [0.2, 0.25) is 0 Å². The highest BCUT2D eigenvalue weighted by molar-refractivity contribution is 5.79. The van der Waals surface area contributed by atoms with Crippen molar-refractivity contribution in [1.82, 2.24) is 5.32 Å². The van der Waals surface area contributed by atoms with Crippen molar-refractivity contribution in [2.45, 2.75) is 44.4 Å². The van der Waals surface area contributed by atoms with Crippen molar-refractivity contribution >= 4 is 5.91 Å². The number of rotatable bonds is 7. The fourth-order valence-corrected chi connectivity index (χ4v) is 3.47. The third-order valence-corrected chi connectivity index (χ3v) is 4.78. The first-order valence-electron chi connectivity index (χ1n) is 9.53. The van der Waals surface area contributed by atoms with E-state index in [1.807, 2.05) is 62.4 Å². The molecule has 6 nitrogen and oxygen atoms in total. The Kier molecular flexibility index (Phi) is 6.21. The first-order valence-corrected chi connectivity index (χ1v) is 9.53. The molecule has 0 bridgehead atoms. The van der Waals surface area contributed by atoms with Crippen molar-refractivity contribution in [2.75, 3.05) is 13.2 Å². The van der Waals surface area contributed by atoms with Gasteiger partial charge in [-0.05, 0) is 31.9 Å². The van der Waals surface area contributed by atoms with Gasteiger partial charge < -0.3 is 25.6 Å². The van der Waals surface area contributed by atoms with Gasteiger partial charge in [0, 0.05) is 11.1 Å². The maximum absolute atomic E-state index is 12.4. The largest absolute Gasteiger partial charge is 0.486 e. The highest BCUT2D eigenvalue weighted by Crippen LogP contribution is 2.38. The van der Waals surface area contributed by atoms with E-state index in [1.165, 1.54) is 0 Å². The molecule has 0 saturated heterocycles. The highest BCUT2D eigenvalue weighted by atomic mass is 16.6. The molecule has 4 N–H and O–H groups in total. The number of fused-ring (bicyclic) bond motifs is 1. The Morgan fingerprint density at radius 3 is 2.61 bits per heavy atom. The lowest BCUT2D eigenvalue weighted by Gasteiger charge is -2.32. The smallest absolute Gasteiger partial charge is 0.224 e. The van der Waals surface area contributed by atoms with Crippen molar-refractivity contribution in [3.05, 3.63) is 59.7 Å². The van der Waals surface area contributed by atoms with E-state index < -0.39 is 17.7 Å². The molecule has 1 aliphatic heterocycles. The summed E-state index contributed by atoms with van der Waals surface area (Å²) in [5.74, 6) is 1.14. The molecule has 0 fully saturated rings. The second-order valence-corrected chi connectivity index (χ2v) is 7.76. The van der Waals surface area contributed by atoms with E-state index in [0.29, 0.717) is 43.1 Å². The molecule has 2 atom stereocenters. The molecule has 0 saturated carbocycles. The molecule has 2 aromatic carbocycles. The Bertz CT molecular complexity index is 807. The highest BCUT2D eigenvalue weighted by Gasteiger charge is 2.30. The van der Waals surface area contributed by atoms with Crippen molar-refractivity contribution < 1.29 is 19.4 Å². The number of hydrogen-bond acceptors (Lipinski definition) is 5. The number of amides is 1. The van der Waals surface area contributed by atoms with Gasteiger partial charge in [-0.15, -0.1) is 0 Å². The predicted molar refractivity (Wildman–Crippen MR) is 107 cm³/mol. The van der Waals surface area contributed by atoms with E-state index >= 15 is 0 Å². The summed E-state index contributed by atoms with van der Waals surface area (Å²) in [5, 5.41) is 13.7. The quantitative estimate of drug-likeness (QED) is 0.681. The summed E-state index contributed by atoms with van der Waals surface area (Å²) >= 11 is 0. The number of ether oxygens (including phenoxy) is 2. The van der Waals surface area contributed by atoms with E-state index in [0.717, 1.165) is 5.56 Å². The van der Waals surface area contributed by atoms with Gasteiger partial charge in [0.05, 0.1) is 18.6 Å². The summed E-state index contributed by atoms with van der Waals surface area (Å²) in [4.78, 5) is 12.4. The number of nitrogens with one attached hydrogen (secondary N) is 1. The molecule has 0 spiro atoms. The van der Waals surface area contributed by atoms with Crippen LogP contribution < -0.4 is 20.5 Å². The summed E-state index contributed by atoms with van der Waals surface area (Å²) in [6.45, 7) is 4.71. The van der Waals surface area contributed by atoms with Crippen LogP contribution >= 0.6 is 0 Å². The molecule has 2 unspecified atom stereocenters. The molecule has 2 aromatic rings. The second kappa shape index (κ2) is 8.63. The summed E-state index contributed by atoms with van der Waals surface area (Å²) < 4.78 is 11.3. The van der Waals surface area contributed by atoms with Crippen LogP contribution in [0.4, 0.5) is 0 Å². The van der Waals surface area contributed by atoms with Crippen LogP contribution in [-0.4, -0.2) is 35.9 Å². The van der Waals surface area contributed by atoms with Crippen LogP contribution in [0.1, 0.15) is 37.4 Å². The predicted octanol–water partition coefficient (Wildman–Crippen LogP) is 2.35. The topological polar surface area (TPSA) is 93.8 Å². The van der Waals surface area contributed by atoms with Crippen molar-refractivity contribution in [3.8, 4) is 11.5 Å². The fraction of sp³-hybridized carbons (Fsp3) is 0.409. The third kappa shape index (κ3) is 5.03. The zero-order valence-corrected chi connectivity index (χ0v) is 16.4. The number of para-hydroxylation sites is 1. The minimum atomic E-state index is -0.857. The number of benzene rings is 2. The monoisotopic (exact) mass is 384 g/mol. The lowest BCUT2D eigenvalue weighted by atomic mass is 9.89. The second-order valence-electron chi connectivity index (χ2n) is 7.76. The van der Waals surface area contributed by atoms with E-state index in [4.69, 9.17) is 15.2 Å². The Morgan fingerprint density at radius 2 is 1.86 bits per heavy atom. The van der Waals surface area contributed by atoms with Gasteiger partial charge in [-0.1, -0.05) is 42.5 Å². The maximum Gasteiger partial charge on any atom is 0.224 e. The molecule has 1 heterocycles. The van der Waals surface area contributed by atoms with Crippen LogP contribution in [-0.2, 0) is 11.2 Å². The van der Waals surface area contributed by atoms with Crippen LogP contribution in [0, 0.1) is 0 Å². The van der Waals surface area contributed by atoms with Gasteiger partial charge in [-0.3, -0.25) is 4.79 Å². The average molecular weight is 384 g/mol. The normalized spacial score (nSPS) is 15.6. The summed E-state index contributed by atoms with van der Waals surface area (Å²) in [6.07, 6.45) is -0.257. The lowest BCUT2D eigenvalue weighted by molar-refractivity contribution is -0.122. The van der Waals surface area contributed by atoms with E-state index in [2.05, 4.69) is 5.32 Å². The maximum atomic E-state index is 12.4. The molecule has 1 amide bonds. The van der Waals surface area contributed by atoms with Crippen molar-refractivity contribution in [1.29, 1.82) is 0 Å². The van der Waals surface area contributed by atoms with Crippen molar-refractivity contribution in [2.24, 2.45) is 5.73 Å². The van der Waals surface area contributed by atoms with Crippen LogP contribution in [0.3, 0.4) is 0 Å². The molecule has 6 heteroatoms. The number of carbonyl (C=O) groups is 1. The van der Waals surface area contributed by atoms with Gasteiger partial charge in [0.25, 0.3) is 0 Å². The summed E-state index contributed by atoms with van der Waals surface area (Å²) in [7, 11) is 0. The van der Waals surface area contributed by atoms with Gasteiger partial charge >= 0.3 is 0 Å². The van der Waals surface area contributed by atoms with Crippen molar-refractivity contribution in [3.63, 3.8) is 0 Å². The number of nitrogens with two attached hydrogens (primary N) is 1. The summed E-state index contributed by atoms with van der Waals surface area (Å²) in [6, 6.07) is 14.4. The minimum Gasteiger partial charge on any atom is -0.486 e. The molecule has 0 aromatic heterocycles. The van der Waals surface area contributed by atoms with Crippen LogP contribution in [0.25, 0.3) is 0 Å². The standard InChI is InChI=1S/C22H28N2O4/c1-22(2,24-19(26)13-15-7-4-3-5-8-15)14-17(25)20(23)16-9-6-10-18-21(16)28-12-11-27-18/h3-10,17,20,25H,11-14,23H2,1-2H3,(H,24,26). The van der Waals surface area contributed by atoms with Gasteiger partial charge in [0.2, 0.25) is 5.91 Å². The molecule has 0 radical (unpaired) electrons. The van der Waals surface area contributed by atoms with Gasteiger partial charge in [0.1, 0.15) is 13.2 Å². The molecule has 28 heavy (non-hydrogen) atoms. The van der Waals surface area contributed by atoms with Crippen LogP contribution in [0.15, 0.2) is 48.5 Å². The van der Waals surface area contributed by atoms with Crippen LogP contribution in [0.5, 0.6) is 11.5 Å². The van der Waals surface area contributed by atoms with Gasteiger partial charge in [-0.25, -0.2) is 0 Å². The molecule has 3 rings (SSSR count). The first kappa shape index (κ1) is 20.2.